The Hall–Kier alpha value is -2.83. The summed E-state index contributed by atoms with van der Waals surface area (Å²) in [6.07, 6.45) is 0. The summed E-state index contributed by atoms with van der Waals surface area (Å²) in [5.74, 6) is 1.12. The van der Waals surface area contributed by atoms with Crippen LogP contribution in [0.15, 0.2) is 40.9 Å². The van der Waals surface area contributed by atoms with E-state index in [2.05, 4.69) is 10.5 Å². The first-order valence-corrected chi connectivity index (χ1v) is 8.72. The Morgan fingerprint density at radius 2 is 1.69 bits per heavy atom. The predicted octanol–water partition coefficient (Wildman–Crippen LogP) is 2.64. The quantitative estimate of drug-likeness (QED) is 0.917. The van der Waals surface area contributed by atoms with E-state index in [1.807, 2.05) is 49.1 Å². The average Bonchev–Trinajstić information content (AvgIpc) is 3.06. The number of aromatic nitrogens is 1. The molecule has 7 heteroatoms. The Labute approximate surface area is 152 Å². The maximum absolute atomic E-state index is 13.0. The second-order valence-electron chi connectivity index (χ2n) is 7.02. The molecule has 26 heavy (non-hydrogen) atoms. The number of hydrogen-bond acceptors (Lipinski definition) is 4. The lowest BCUT2D eigenvalue weighted by Crippen LogP contribution is -2.55. The van der Waals surface area contributed by atoms with Gasteiger partial charge in [0.05, 0.1) is 5.41 Å². The van der Waals surface area contributed by atoms with E-state index in [4.69, 9.17) is 4.52 Å². The number of rotatable bonds is 3. The van der Waals surface area contributed by atoms with E-state index in [0.29, 0.717) is 37.8 Å². The second-order valence-corrected chi connectivity index (χ2v) is 7.02. The number of nitrogens with zero attached hydrogens (tertiary/aromatic N) is 3. The summed E-state index contributed by atoms with van der Waals surface area (Å²) in [6.45, 7) is 7.65. The van der Waals surface area contributed by atoms with E-state index in [1.54, 1.807) is 17.9 Å². The largest absolute Gasteiger partial charge is 0.360 e. The van der Waals surface area contributed by atoms with Crippen LogP contribution in [0.5, 0.6) is 0 Å². The van der Waals surface area contributed by atoms with Gasteiger partial charge in [0.2, 0.25) is 5.91 Å². The Morgan fingerprint density at radius 1 is 1.08 bits per heavy atom. The van der Waals surface area contributed by atoms with Gasteiger partial charge in [-0.3, -0.25) is 10.1 Å². The molecule has 3 amide bonds. The van der Waals surface area contributed by atoms with Crippen LogP contribution >= 0.6 is 0 Å². The predicted molar refractivity (Wildman–Crippen MR) is 97.9 cm³/mol. The van der Waals surface area contributed by atoms with Gasteiger partial charge in [-0.1, -0.05) is 35.5 Å². The number of piperazine rings is 1. The van der Waals surface area contributed by atoms with Crippen molar-refractivity contribution in [1.82, 2.24) is 15.0 Å². The van der Waals surface area contributed by atoms with E-state index in [-0.39, 0.29) is 11.9 Å². The van der Waals surface area contributed by atoms with Crippen LogP contribution in [0.3, 0.4) is 0 Å². The molecule has 2 aromatic rings. The first kappa shape index (κ1) is 18.0. The molecule has 1 fully saturated rings. The summed E-state index contributed by atoms with van der Waals surface area (Å²) >= 11 is 0. The lowest BCUT2D eigenvalue weighted by molar-refractivity contribution is -0.137. The zero-order chi connectivity index (χ0) is 18.7. The van der Waals surface area contributed by atoms with Gasteiger partial charge in [0.25, 0.3) is 0 Å². The number of carbonyl (C=O) groups excluding carboxylic acids is 2. The van der Waals surface area contributed by atoms with Crippen LogP contribution < -0.4 is 5.32 Å². The lowest BCUT2D eigenvalue weighted by Gasteiger charge is -2.38. The highest BCUT2D eigenvalue weighted by Gasteiger charge is 2.35. The minimum absolute atomic E-state index is 0.0795. The smallest absolute Gasteiger partial charge is 0.323 e. The Bertz CT molecular complexity index is 777. The van der Waals surface area contributed by atoms with Gasteiger partial charge in [0.15, 0.2) is 5.82 Å². The van der Waals surface area contributed by atoms with Crippen LogP contribution in [0.4, 0.5) is 10.6 Å². The molecule has 0 spiro atoms. The van der Waals surface area contributed by atoms with Crippen molar-refractivity contribution in [3.8, 4) is 0 Å². The van der Waals surface area contributed by atoms with Crippen LogP contribution in [0.1, 0.15) is 25.2 Å². The number of anilines is 1. The molecule has 1 aliphatic rings. The maximum Gasteiger partial charge on any atom is 0.323 e. The molecule has 0 saturated carbocycles. The molecule has 0 unspecified atom stereocenters. The van der Waals surface area contributed by atoms with Crippen molar-refractivity contribution in [2.24, 2.45) is 0 Å². The van der Waals surface area contributed by atoms with E-state index in [0.717, 1.165) is 5.56 Å². The van der Waals surface area contributed by atoms with Crippen LogP contribution in [-0.4, -0.2) is 53.1 Å². The molecule has 1 N–H and O–H groups in total. The molecule has 7 nitrogen and oxygen atoms in total. The number of urea groups is 1. The van der Waals surface area contributed by atoms with Gasteiger partial charge in [0, 0.05) is 32.2 Å². The fourth-order valence-electron chi connectivity index (χ4n) is 3.10. The van der Waals surface area contributed by atoms with Crippen LogP contribution in [0, 0.1) is 6.92 Å². The summed E-state index contributed by atoms with van der Waals surface area (Å²) in [5, 5.41) is 6.47. The zero-order valence-electron chi connectivity index (χ0n) is 15.4. The van der Waals surface area contributed by atoms with Crippen LogP contribution in [0.25, 0.3) is 0 Å². The molecule has 1 aromatic heterocycles. The lowest BCUT2D eigenvalue weighted by atomic mass is 9.83. The van der Waals surface area contributed by atoms with Crippen LogP contribution in [0.2, 0.25) is 0 Å². The van der Waals surface area contributed by atoms with Crippen molar-refractivity contribution in [1.29, 1.82) is 0 Å². The van der Waals surface area contributed by atoms with Crippen molar-refractivity contribution in [2.75, 3.05) is 31.5 Å². The highest BCUT2D eigenvalue weighted by atomic mass is 16.5. The van der Waals surface area contributed by atoms with Crippen molar-refractivity contribution in [3.05, 3.63) is 47.7 Å². The van der Waals surface area contributed by atoms with Crippen molar-refractivity contribution >= 4 is 17.8 Å². The number of amides is 3. The van der Waals surface area contributed by atoms with Crippen molar-refractivity contribution in [2.45, 2.75) is 26.2 Å². The molecule has 0 bridgehead atoms. The number of hydrogen-bond donors (Lipinski definition) is 1. The third-order valence-electron chi connectivity index (χ3n) is 4.75. The number of benzene rings is 1. The standard InChI is InChI=1S/C19H24N4O3/c1-14-13-16(21-26-14)20-18(25)23-11-9-22(10-12-23)17(24)19(2,3)15-7-5-4-6-8-15/h4-8,13H,9-12H2,1-3H3,(H,20,21,25). The third kappa shape index (κ3) is 3.71. The summed E-state index contributed by atoms with van der Waals surface area (Å²) in [7, 11) is 0. The number of aryl methyl sites for hydroxylation is 1. The van der Waals surface area contributed by atoms with Gasteiger partial charge in [0.1, 0.15) is 5.76 Å². The average molecular weight is 356 g/mol. The van der Waals surface area contributed by atoms with Crippen molar-refractivity contribution in [3.63, 3.8) is 0 Å². The molecular weight excluding hydrogens is 332 g/mol. The first-order valence-electron chi connectivity index (χ1n) is 8.72. The Morgan fingerprint density at radius 3 is 2.27 bits per heavy atom. The van der Waals surface area contributed by atoms with Gasteiger partial charge in [-0.25, -0.2) is 4.79 Å². The minimum atomic E-state index is -0.593. The Kier molecular flexibility index (Phi) is 4.97. The molecule has 2 heterocycles. The maximum atomic E-state index is 13.0. The van der Waals surface area contributed by atoms with E-state index in [9.17, 15) is 9.59 Å². The molecule has 138 valence electrons. The molecule has 0 aliphatic carbocycles. The second kappa shape index (κ2) is 7.19. The summed E-state index contributed by atoms with van der Waals surface area (Å²) in [4.78, 5) is 28.8. The van der Waals surface area contributed by atoms with E-state index < -0.39 is 5.41 Å². The van der Waals surface area contributed by atoms with Gasteiger partial charge in [-0.15, -0.1) is 0 Å². The summed E-state index contributed by atoms with van der Waals surface area (Å²) < 4.78 is 4.94. The van der Waals surface area contributed by atoms with E-state index >= 15 is 0 Å². The normalized spacial score (nSPS) is 15.0. The third-order valence-corrected chi connectivity index (χ3v) is 4.75. The highest BCUT2D eigenvalue weighted by Crippen LogP contribution is 2.26. The molecular formula is C19H24N4O3. The molecule has 1 aromatic carbocycles. The first-order chi connectivity index (χ1) is 12.4. The molecule has 0 radical (unpaired) electrons. The fraction of sp³-hybridized carbons (Fsp3) is 0.421. The summed E-state index contributed by atoms with van der Waals surface area (Å²) in [5.41, 5.74) is 0.399. The highest BCUT2D eigenvalue weighted by molar-refractivity contribution is 5.89. The van der Waals surface area contributed by atoms with Gasteiger partial charge in [-0.05, 0) is 26.3 Å². The molecule has 0 atom stereocenters. The van der Waals surface area contributed by atoms with Crippen molar-refractivity contribution < 1.29 is 14.1 Å². The molecule has 1 saturated heterocycles. The topological polar surface area (TPSA) is 78.7 Å². The van der Waals surface area contributed by atoms with Crippen LogP contribution in [-0.2, 0) is 10.2 Å². The van der Waals surface area contributed by atoms with Gasteiger partial charge in [-0.2, -0.15) is 0 Å². The molecule has 1 aliphatic heterocycles. The summed E-state index contributed by atoms with van der Waals surface area (Å²) in [6, 6.07) is 11.2. The van der Waals surface area contributed by atoms with Gasteiger partial charge < -0.3 is 14.3 Å². The minimum Gasteiger partial charge on any atom is -0.360 e. The fourth-order valence-corrected chi connectivity index (χ4v) is 3.10. The SMILES string of the molecule is Cc1cc(NC(=O)N2CCN(C(=O)C(C)(C)c3ccccc3)CC2)no1. The monoisotopic (exact) mass is 356 g/mol. The Balaban J connectivity index is 1.57. The van der Waals surface area contributed by atoms with Gasteiger partial charge >= 0.3 is 6.03 Å². The number of carbonyl (C=O) groups is 2. The number of nitrogens with one attached hydrogen (secondary N) is 1. The zero-order valence-corrected chi connectivity index (χ0v) is 15.4. The molecule has 3 rings (SSSR count). The van der Waals surface area contributed by atoms with E-state index in [1.165, 1.54) is 0 Å².